The van der Waals surface area contributed by atoms with Gasteiger partial charge >= 0.3 is 0 Å². The predicted octanol–water partition coefficient (Wildman–Crippen LogP) is 4.36. The fraction of sp³-hybridized carbons (Fsp3) is 0.647. The van der Waals surface area contributed by atoms with Crippen LogP contribution in [0.3, 0.4) is 0 Å². The molecule has 19 heavy (non-hydrogen) atoms. The first kappa shape index (κ1) is 14.4. The lowest BCUT2D eigenvalue weighted by molar-refractivity contribution is 0.176. The summed E-state index contributed by atoms with van der Waals surface area (Å²) >= 11 is 0. The van der Waals surface area contributed by atoms with Crippen LogP contribution in [0.4, 0.5) is 0 Å². The number of phenolic OH excluding ortho intramolecular Hbond substituents is 1. The maximum Gasteiger partial charge on any atom is 0.120 e. The van der Waals surface area contributed by atoms with Gasteiger partial charge in [-0.15, -0.1) is 0 Å². The van der Waals surface area contributed by atoms with Crippen molar-refractivity contribution in [2.24, 2.45) is 5.92 Å². The van der Waals surface area contributed by atoms with Crippen molar-refractivity contribution in [3.63, 3.8) is 0 Å². The third-order valence-electron chi connectivity index (χ3n) is 4.49. The van der Waals surface area contributed by atoms with Gasteiger partial charge in [0.15, 0.2) is 0 Å². The SMILES string of the molecule is CCC(c1ccccc1O)N(C)CC1CCCCC1. The summed E-state index contributed by atoms with van der Waals surface area (Å²) in [5.74, 6) is 1.28. The van der Waals surface area contributed by atoms with Gasteiger partial charge in [0.2, 0.25) is 0 Å². The predicted molar refractivity (Wildman–Crippen MR) is 80.3 cm³/mol. The summed E-state index contributed by atoms with van der Waals surface area (Å²) in [5, 5.41) is 10.0. The van der Waals surface area contributed by atoms with E-state index in [0.29, 0.717) is 11.8 Å². The fourth-order valence-electron chi connectivity index (χ4n) is 3.44. The monoisotopic (exact) mass is 261 g/mol. The van der Waals surface area contributed by atoms with Crippen molar-refractivity contribution < 1.29 is 5.11 Å². The number of hydrogen-bond acceptors (Lipinski definition) is 2. The van der Waals surface area contributed by atoms with E-state index in [9.17, 15) is 5.11 Å². The van der Waals surface area contributed by atoms with E-state index in [2.05, 4.69) is 24.9 Å². The smallest absolute Gasteiger partial charge is 0.120 e. The molecule has 1 aliphatic carbocycles. The Labute approximate surface area is 117 Å². The summed E-state index contributed by atoms with van der Waals surface area (Å²) in [7, 11) is 2.20. The number of rotatable bonds is 5. The molecule has 1 aliphatic rings. The van der Waals surface area contributed by atoms with Crippen LogP contribution in [0.15, 0.2) is 24.3 Å². The highest BCUT2D eigenvalue weighted by Gasteiger charge is 2.22. The Morgan fingerprint density at radius 1 is 1.21 bits per heavy atom. The van der Waals surface area contributed by atoms with Crippen LogP contribution < -0.4 is 0 Å². The van der Waals surface area contributed by atoms with Gasteiger partial charge in [-0.2, -0.15) is 0 Å². The molecule has 0 radical (unpaired) electrons. The molecule has 1 saturated carbocycles. The van der Waals surface area contributed by atoms with E-state index in [1.165, 1.54) is 32.1 Å². The lowest BCUT2D eigenvalue weighted by Crippen LogP contribution is -2.30. The molecule has 2 heteroatoms. The lowest BCUT2D eigenvalue weighted by atomic mass is 9.88. The van der Waals surface area contributed by atoms with Crippen LogP contribution >= 0.6 is 0 Å². The van der Waals surface area contributed by atoms with Gasteiger partial charge in [-0.1, -0.05) is 44.4 Å². The summed E-state index contributed by atoms with van der Waals surface area (Å²) in [6.07, 6.45) is 8.00. The molecule has 0 spiro atoms. The van der Waals surface area contributed by atoms with Crippen molar-refractivity contribution in [2.45, 2.75) is 51.5 Å². The highest BCUT2D eigenvalue weighted by molar-refractivity contribution is 5.34. The van der Waals surface area contributed by atoms with Gasteiger partial charge < -0.3 is 5.11 Å². The van der Waals surface area contributed by atoms with Gasteiger partial charge in [0.05, 0.1) is 0 Å². The van der Waals surface area contributed by atoms with Gasteiger partial charge in [0.1, 0.15) is 5.75 Å². The highest BCUT2D eigenvalue weighted by atomic mass is 16.3. The number of nitrogens with zero attached hydrogens (tertiary/aromatic N) is 1. The van der Waals surface area contributed by atoms with E-state index in [1.807, 2.05) is 12.1 Å². The Balaban J connectivity index is 2.02. The second kappa shape index (κ2) is 6.95. The van der Waals surface area contributed by atoms with Crippen molar-refractivity contribution in [2.75, 3.05) is 13.6 Å². The topological polar surface area (TPSA) is 23.5 Å². The summed E-state index contributed by atoms with van der Waals surface area (Å²) in [5.41, 5.74) is 1.07. The van der Waals surface area contributed by atoms with Crippen molar-refractivity contribution in [1.29, 1.82) is 0 Å². The summed E-state index contributed by atoms with van der Waals surface area (Å²) in [6, 6.07) is 8.11. The quantitative estimate of drug-likeness (QED) is 0.851. The maximum atomic E-state index is 10.0. The zero-order valence-corrected chi connectivity index (χ0v) is 12.3. The maximum absolute atomic E-state index is 10.0. The Kier molecular flexibility index (Phi) is 5.26. The molecule has 2 rings (SSSR count). The van der Waals surface area contributed by atoms with E-state index < -0.39 is 0 Å². The van der Waals surface area contributed by atoms with E-state index in [4.69, 9.17) is 0 Å². The largest absolute Gasteiger partial charge is 0.508 e. The molecule has 1 N–H and O–H groups in total. The number of hydrogen-bond donors (Lipinski definition) is 1. The molecule has 106 valence electrons. The molecule has 0 bridgehead atoms. The van der Waals surface area contributed by atoms with Crippen LogP contribution in [0.2, 0.25) is 0 Å². The molecule has 0 aromatic heterocycles. The minimum atomic E-state index is 0.336. The van der Waals surface area contributed by atoms with Crippen LogP contribution in [0, 0.1) is 5.92 Å². The van der Waals surface area contributed by atoms with Crippen molar-refractivity contribution in [3.8, 4) is 5.75 Å². The van der Waals surface area contributed by atoms with Gasteiger partial charge in [-0.25, -0.2) is 0 Å². The van der Waals surface area contributed by atoms with E-state index in [-0.39, 0.29) is 0 Å². The van der Waals surface area contributed by atoms with Crippen LogP contribution in [0.5, 0.6) is 5.75 Å². The Hall–Kier alpha value is -1.02. The Morgan fingerprint density at radius 3 is 2.53 bits per heavy atom. The van der Waals surface area contributed by atoms with Crippen LogP contribution in [-0.4, -0.2) is 23.6 Å². The third kappa shape index (κ3) is 3.73. The van der Waals surface area contributed by atoms with E-state index >= 15 is 0 Å². The summed E-state index contributed by atoms with van der Waals surface area (Å²) in [4.78, 5) is 2.44. The zero-order chi connectivity index (χ0) is 13.7. The lowest BCUT2D eigenvalue weighted by Gasteiger charge is -2.33. The molecule has 1 fully saturated rings. The van der Waals surface area contributed by atoms with Crippen LogP contribution in [-0.2, 0) is 0 Å². The molecule has 1 atom stereocenters. The van der Waals surface area contributed by atoms with Crippen LogP contribution in [0.1, 0.15) is 57.1 Å². The number of benzene rings is 1. The number of para-hydroxylation sites is 1. The third-order valence-corrected chi connectivity index (χ3v) is 4.49. The highest BCUT2D eigenvalue weighted by Crippen LogP contribution is 2.32. The molecule has 0 amide bonds. The van der Waals surface area contributed by atoms with E-state index in [1.54, 1.807) is 6.07 Å². The number of aromatic hydroxyl groups is 1. The first-order valence-corrected chi connectivity index (χ1v) is 7.70. The van der Waals surface area contributed by atoms with Gasteiger partial charge in [0.25, 0.3) is 0 Å². The molecule has 0 saturated heterocycles. The van der Waals surface area contributed by atoms with Crippen molar-refractivity contribution >= 4 is 0 Å². The second-order valence-corrected chi connectivity index (χ2v) is 5.93. The van der Waals surface area contributed by atoms with Crippen LogP contribution in [0.25, 0.3) is 0 Å². The Morgan fingerprint density at radius 2 is 1.89 bits per heavy atom. The molecular formula is C17H27NO. The molecule has 1 aromatic carbocycles. The molecule has 1 aromatic rings. The van der Waals surface area contributed by atoms with Gasteiger partial charge in [0, 0.05) is 18.2 Å². The average molecular weight is 261 g/mol. The van der Waals surface area contributed by atoms with Gasteiger partial charge in [-0.05, 0) is 38.3 Å². The molecule has 2 nitrogen and oxygen atoms in total. The first-order chi connectivity index (χ1) is 9.22. The summed E-state index contributed by atoms with van der Waals surface area (Å²) < 4.78 is 0. The molecule has 1 unspecified atom stereocenters. The normalized spacial score (nSPS) is 18.7. The minimum absolute atomic E-state index is 0.336. The Bertz CT molecular complexity index is 385. The molecule has 0 aliphatic heterocycles. The minimum Gasteiger partial charge on any atom is -0.508 e. The standard InChI is InChI=1S/C17H27NO/c1-3-16(15-11-7-8-12-17(15)19)18(2)13-14-9-5-4-6-10-14/h7-8,11-12,14,16,19H,3-6,9-10,13H2,1-2H3. The fourth-order valence-corrected chi connectivity index (χ4v) is 3.44. The molecule has 0 heterocycles. The zero-order valence-electron chi connectivity index (χ0n) is 12.3. The van der Waals surface area contributed by atoms with Crippen molar-refractivity contribution in [1.82, 2.24) is 4.90 Å². The number of phenols is 1. The van der Waals surface area contributed by atoms with Gasteiger partial charge in [-0.3, -0.25) is 4.90 Å². The average Bonchev–Trinajstić information content (AvgIpc) is 2.43. The first-order valence-electron chi connectivity index (χ1n) is 7.70. The second-order valence-electron chi connectivity index (χ2n) is 5.93. The van der Waals surface area contributed by atoms with Crippen molar-refractivity contribution in [3.05, 3.63) is 29.8 Å². The molecular weight excluding hydrogens is 234 g/mol. The summed E-state index contributed by atoms with van der Waals surface area (Å²) in [6.45, 7) is 3.36. The van der Waals surface area contributed by atoms with E-state index in [0.717, 1.165) is 24.4 Å².